The number of pyridine rings is 1. The minimum atomic E-state index is 0.710. The lowest BCUT2D eigenvalue weighted by Gasteiger charge is -2.13. The van der Waals surface area contributed by atoms with Crippen molar-refractivity contribution in [1.29, 1.82) is 0 Å². The number of benzene rings is 3. The number of hydrogen-bond acceptors (Lipinski definition) is 3. The second kappa shape index (κ2) is 4.74. The van der Waals surface area contributed by atoms with Crippen LogP contribution < -0.4 is 11.5 Å². The van der Waals surface area contributed by atoms with Gasteiger partial charge in [-0.2, -0.15) is 0 Å². The highest BCUT2D eigenvalue weighted by Gasteiger charge is 2.12. The number of nitrogens with two attached hydrogens (primary N) is 2. The van der Waals surface area contributed by atoms with Crippen molar-refractivity contribution in [1.82, 2.24) is 4.98 Å². The van der Waals surface area contributed by atoms with E-state index in [2.05, 4.69) is 6.07 Å². The molecule has 0 aliphatic rings. The Bertz CT molecular complexity index is 1010. The topological polar surface area (TPSA) is 64.9 Å². The molecule has 3 nitrogen and oxygen atoms in total. The van der Waals surface area contributed by atoms with E-state index in [-0.39, 0.29) is 0 Å². The molecule has 4 aromatic rings. The summed E-state index contributed by atoms with van der Waals surface area (Å²) in [6, 6.07) is 21.9. The fraction of sp³-hybridized carbons (Fsp3) is 0. The summed E-state index contributed by atoms with van der Waals surface area (Å²) in [5, 5.41) is 2.16. The zero-order chi connectivity index (χ0) is 15.1. The Labute approximate surface area is 128 Å². The molecule has 0 bridgehead atoms. The number of para-hydroxylation sites is 2. The van der Waals surface area contributed by atoms with E-state index in [1.807, 2.05) is 60.7 Å². The van der Waals surface area contributed by atoms with Crippen molar-refractivity contribution in [3.05, 3.63) is 66.7 Å². The third-order valence-corrected chi connectivity index (χ3v) is 3.94. The molecular weight excluding hydrogens is 270 g/mol. The number of aromatic nitrogens is 1. The van der Waals surface area contributed by atoms with E-state index in [4.69, 9.17) is 16.5 Å². The summed E-state index contributed by atoms with van der Waals surface area (Å²) in [6.45, 7) is 0. The summed E-state index contributed by atoms with van der Waals surface area (Å²) in [5.41, 5.74) is 17.6. The highest BCUT2D eigenvalue weighted by molar-refractivity contribution is 6.11. The van der Waals surface area contributed by atoms with E-state index < -0.39 is 0 Å². The molecule has 0 aliphatic heterocycles. The Morgan fingerprint density at radius 3 is 2.27 bits per heavy atom. The van der Waals surface area contributed by atoms with Gasteiger partial charge in [-0.1, -0.05) is 42.5 Å². The maximum atomic E-state index is 6.22. The minimum absolute atomic E-state index is 0.710. The van der Waals surface area contributed by atoms with Gasteiger partial charge in [0.1, 0.15) is 0 Å². The van der Waals surface area contributed by atoms with Gasteiger partial charge in [0.15, 0.2) is 0 Å². The van der Waals surface area contributed by atoms with Crippen LogP contribution in [0.25, 0.3) is 32.9 Å². The summed E-state index contributed by atoms with van der Waals surface area (Å²) >= 11 is 0. The molecule has 3 aromatic carbocycles. The van der Waals surface area contributed by atoms with Gasteiger partial charge in [0.25, 0.3) is 0 Å². The van der Waals surface area contributed by atoms with Crippen LogP contribution in [0.4, 0.5) is 11.4 Å². The first-order valence-corrected chi connectivity index (χ1v) is 7.17. The summed E-state index contributed by atoms with van der Waals surface area (Å²) in [5.74, 6) is 0. The molecule has 0 unspecified atom stereocenters. The fourth-order valence-corrected chi connectivity index (χ4v) is 2.92. The molecule has 0 spiro atoms. The standard InChI is InChI=1S/C19H15N3/c20-12-9-10-15-18(11-12)22-17-8-4-2-6-14(17)19(15)13-5-1-3-7-16(13)21/h1-11H,20-21H2. The normalized spacial score (nSPS) is 11.1. The van der Waals surface area contributed by atoms with Crippen molar-refractivity contribution < 1.29 is 0 Å². The van der Waals surface area contributed by atoms with Gasteiger partial charge < -0.3 is 11.5 Å². The van der Waals surface area contributed by atoms with Crippen LogP contribution in [0.5, 0.6) is 0 Å². The van der Waals surface area contributed by atoms with Crippen LogP contribution in [0.1, 0.15) is 0 Å². The summed E-state index contributed by atoms with van der Waals surface area (Å²) in [7, 11) is 0. The van der Waals surface area contributed by atoms with Gasteiger partial charge in [-0.25, -0.2) is 4.98 Å². The number of hydrogen-bond donors (Lipinski definition) is 2. The largest absolute Gasteiger partial charge is 0.399 e. The van der Waals surface area contributed by atoms with E-state index in [1.165, 1.54) is 0 Å². The predicted molar refractivity (Wildman–Crippen MR) is 93.5 cm³/mol. The Hall–Kier alpha value is -3.07. The molecule has 1 aromatic heterocycles. The molecule has 4 N–H and O–H groups in total. The van der Waals surface area contributed by atoms with Crippen molar-refractivity contribution in [3.63, 3.8) is 0 Å². The zero-order valence-electron chi connectivity index (χ0n) is 12.0. The molecule has 0 saturated carbocycles. The van der Waals surface area contributed by atoms with Gasteiger partial charge in [-0.05, 0) is 24.3 Å². The molecule has 0 radical (unpaired) electrons. The average molecular weight is 285 g/mol. The Kier molecular flexibility index (Phi) is 2.73. The lowest BCUT2D eigenvalue weighted by atomic mass is 9.95. The molecule has 4 rings (SSSR count). The molecule has 0 atom stereocenters. The molecule has 0 saturated heterocycles. The number of nitrogens with zero attached hydrogens (tertiary/aromatic N) is 1. The monoisotopic (exact) mass is 285 g/mol. The zero-order valence-corrected chi connectivity index (χ0v) is 12.0. The van der Waals surface area contributed by atoms with Crippen molar-refractivity contribution in [2.45, 2.75) is 0 Å². The van der Waals surface area contributed by atoms with Crippen molar-refractivity contribution >= 4 is 33.2 Å². The highest BCUT2D eigenvalue weighted by atomic mass is 14.7. The molecule has 106 valence electrons. The van der Waals surface area contributed by atoms with Crippen LogP contribution in [-0.2, 0) is 0 Å². The van der Waals surface area contributed by atoms with Crippen LogP contribution >= 0.6 is 0 Å². The lowest BCUT2D eigenvalue weighted by molar-refractivity contribution is 1.49. The average Bonchev–Trinajstić information content (AvgIpc) is 2.53. The number of fused-ring (bicyclic) bond motifs is 2. The van der Waals surface area contributed by atoms with E-state index in [0.29, 0.717) is 5.69 Å². The van der Waals surface area contributed by atoms with E-state index in [0.717, 1.165) is 38.6 Å². The number of anilines is 2. The van der Waals surface area contributed by atoms with Gasteiger partial charge in [-0.15, -0.1) is 0 Å². The second-order valence-electron chi connectivity index (χ2n) is 5.37. The predicted octanol–water partition coefficient (Wildman–Crippen LogP) is 4.22. The van der Waals surface area contributed by atoms with E-state index in [1.54, 1.807) is 0 Å². The van der Waals surface area contributed by atoms with Crippen LogP contribution in [0.3, 0.4) is 0 Å². The van der Waals surface area contributed by atoms with E-state index >= 15 is 0 Å². The van der Waals surface area contributed by atoms with Gasteiger partial charge in [0.2, 0.25) is 0 Å². The Morgan fingerprint density at radius 2 is 1.41 bits per heavy atom. The third-order valence-electron chi connectivity index (χ3n) is 3.94. The van der Waals surface area contributed by atoms with Crippen LogP contribution in [0, 0.1) is 0 Å². The van der Waals surface area contributed by atoms with Gasteiger partial charge in [0, 0.05) is 33.3 Å². The molecule has 1 heterocycles. The van der Waals surface area contributed by atoms with Gasteiger partial charge in [0.05, 0.1) is 11.0 Å². The molecule has 0 amide bonds. The SMILES string of the molecule is Nc1ccc2c(-c3ccccc3N)c3ccccc3nc2c1. The first-order valence-electron chi connectivity index (χ1n) is 7.17. The van der Waals surface area contributed by atoms with Crippen LogP contribution in [-0.4, -0.2) is 4.98 Å². The summed E-state index contributed by atoms with van der Waals surface area (Å²) in [4.78, 5) is 4.73. The van der Waals surface area contributed by atoms with Crippen molar-refractivity contribution in [2.75, 3.05) is 11.5 Å². The molecule has 0 fully saturated rings. The highest BCUT2D eigenvalue weighted by Crippen LogP contribution is 2.37. The van der Waals surface area contributed by atoms with Crippen molar-refractivity contribution in [3.8, 4) is 11.1 Å². The Balaban J connectivity index is 2.24. The number of rotatable bonds is 1. The fourth-order valence-electron chi connectivity index (χ4n) is 2.92. The Morgan fingerprint density at radius 1 is 0.682 bits per heavy atom. The van der Waals surface area contributed by atoms with E-state index in [9.17, 15) is 0 Å². The molecule has 0 aliphatic carbocycles. The minimum Gasteiger partial charge on any atom is -0.399 e. The molecule has 22 heavy (non-hydrogen) atoms. The van der Waals surface area contributed by atoms with Crippen LogP contribution in [0.2, 0.25) is 0 Å². The van der Waals surface area contributed by atoms with Crippen molar-refractivity contribution in [2.24, 2.45) is 0 Å². The van der Waals surface area contributed by atoms with Gasteiger partial charge >= 0.3 is 0 Å². The first kappa shape index (κ1) is 12.7. The third kappa shape index (κ3) is 1.87. The maximum absolute atomic E-state index is 6.22. The lowest BCUT2D eigenvalue weighted by Crippen LogP contribution is -1.94. The summed E-state index contributed by atoms with van der Waals surface area (Å²) < 4.78 is 0. The van der Waals surface area contributed by atoms with Gasteiger partial charge in [-0.3, -0.25) is 0 Å². The maximum Gasteiger partial charge on any atom is 0.0736 e. The molecule has 3 heteroatoms. The summed E-state index contributed by atoms with van der Waals surface area (Å²) in [6.07, 6.45) is 0. The second-order valence-corrected chi connectivity index (χ2v) is 5.37. The first-order chi connectivity index (χ1) is 10.7. The van der Waals surface area contributed by atoms with Crippen LogP contribution in [0.15, 0.2) is 66.7 Å². The quantitative estimate of drug-likeness (QED) is 0.406. The number of nitrogen functional groups attached to an aromatic ring is 2. The smallest absolute Gasteiger partial charge is 0.0736 e. The molecular formula is C19H15N3.